The first-order valence-corrected chi connectivity index (χ1v) is 9.77. The first-order chi connectivity index (χ1) is 15.2. The van der Waals surface area contributed by atoms with Crippen molar-refractivity contribution in [3.05, 3.63) is 65.2 Å². The van der Waals surface area contributed by atoms with Crippen molar-refractivity contribution in [3.63, 3.8) is 0 Å². The van der Waals surface area contributed by atoms with E-state index in [0.717, 1.165) is 43.0 Å². The van der Waals surface area contributed by atoms with E-state index in [1.165, 1.54) is 0 Å². The largest absolute Gasteiger partial charge is 0.435 e. The van der Waals surface area contributed by atoms with Crippen molar-refractivity contribution in [3.8, 4) is 5.69 Å². The molecule has 0 aliphatic carbocycles. The van der Waals surface area contributed by atoms with E-state index in [1.54, 1.807) is 19.1 Å². The molecule has 1 fully saturated rings. The standard InChI is InChI=1S/C21H19F4N5O2/c1-13-12-16(29-8-10-32-11-9-29)6-7-17(13)26-20(31)18-19(21(23,24)25)30(28-27-18)15-4-2-14(22)3-5-15/h2-7,12H,8-11H2,1H3,(H,26,31). The second-order valence-corrected chi connectivity index (χ2v) is 7.23. The number of halogens is 4. The van der Waals surface area contributed by atoms with Gasteiger partial charge in [0.05, 0.1) is 18.9 Å². The van der Waals surface area contributed by atoms with Crippen LogP contribution in [0.4, 0.5) is 28.9 Å². The monoisotopic (exact) mass is 449 g/mol. The van der Waals surface area contributed by atoms with Gasteiger partial charge in [-0.1, -0.05) is 5.21 Å². The maximum absolute atomic E-state index is 13.8. The maximum Gasteiger partial charge on any atom is 0.435 e. The molecule has 3 aromatic rings. The predicted octanol–water partition coefficient (Wildman–Crippen LogP) is 3.82. The van der Waals surface area contributed by atoms with Gasteiger partial charge in [0.25, 0.3) is 5.91 Å². The number of carbonyl (C=O) groups excluding carboxylic acids is 1. The lowest BCUT2D eigenvalue weighted by atomic mass is 10.1. The number of anilines is 2. The highest BCUT2D eigenvalue weighted by Crippen LogP contribution is 2.33. The molecule has 11 heteroatoms. The Morgan fingerprint density at radius 2 is 1.72 bits per heavy atom. The summed E-state index contributed by atoms with van der Waals surface area (Å²) in [6, 6.07) is 9.50. The van der Waals surface area contributed by atoms with Gasteiger partial charge in [-0.15, -0.1) is 5.10 Å². The third-order valence-electron chi connectivity index (χ3n) is 5.06. The number of aromatic nitrogens is 3. The molecule has 4 rings (SSSR count). The van der Waals surface area contributed by atoms with Gasteiger partial charge in [0, 0.05) is 24.5 Å². The van der Waals surface area contributed by atoms with E-state index < -0.39 is 29.3 Å². The highest BCUT2D eigenvalue weighted by molar-refractivity contribution is 6.04. The Bertz CT molecular complexity index is 1120. The maximum atomic E-state index is 13.8. The number of ether oxygens (including phenoxy) is 1. The van der Waals surface area contributed by atoms with Crippen LogP contribution in [0.15, 0.2) is 42.5 Å². The molecule has 1 amide bonds. The summed E-state index contributed by atoms with van der Waals surface area (Å²) < 4.78 is 60.3. The molecular formula is C21H19F4N5O2. The Labute approximate surface area is 180 Å². The van der Waals surface area contributed by atoms with E-state index in [0.29, 0.717) is 29.1 Å². The number of hydrogen-bond acceptors (Lipinski definition) is 5. The number of nitrogens with one attached hydrogen (secondary N) is 1. The molecule has 1 aliphatic rings. The van der Waals surface area contributed by atoms with Gasteiger partial charge in [0.1, 0.15) is 5.82 Å². The average molecular weight is 449 g/mol. The van der Waals surface area contributed by atoms with E-state index >= 15 is 0 Å². The summed E-state index contributed by atoms with van der Waals surface area (Å²) in [5.74, 6) is -1.66. The molecule has 168 valence electrons. The van der Waals surface area contributed by atoms with Crippen LogP contribution in [-0.2, 0) is 10.9 Å². The second kappa shape index (κ2) is 8.58. The molecule has 0 saturated carbocycles. The summed E-state index contributed by atoms with van der Waals surface area (Å²) in [7, 11) is 0. The van der Waals surface area contributed by atoms with Crippen molar-refractivity contribution in [1.29, 1.82) is 0 Å². The molecule has 2 aromatic carbocycles. The van der Waals surface area contributed by atoms with Gasteiger partial charge in [0.15, 0.2) is 11.4 Å². The van der Waals surface area contributed by atoms with Crippen LogP contribution in [0.25, 0.3) is 5.69 Å². The van der Waals surface area contributed by atoms with E-state index in [9.17, 15) is 22.4 Å². The summed E-state index contributed by atoms with van der Waals surface area (Å²) in [4.78, 5) is 14.8. The summed E-state index contributed by atoms with van der Waals surface area (Å²) >= 11 is 0. The molecule has 1 aliphatic heterocycles. The number of hydrogen-bond donors (Lipinski definition) is 1. The van der Waals surface area contributed by atoms with Crippen molar-refractivity contribution >= 4 is 17.3 Å². The fourth-order valence-electron chi connectivity index (χ4n) is 3.44. The first kappa shape index (κ1) is 21.8. The molecule has 7 nitrogen and oxygen atoms in total. The van der Waals surface area contributed by atoms with E-state index in [-0.39, 0.29) is 5.69 Å². The summed E-state index contributed by atoms with van der Waals surface area (Å²) in [5, 5.41) is 9.44. The topological polar surface area (TPSA) is 72.3 Å². The molecule has 32 heavy (non-hydrogen) atoms. The zero-order valence-corrected chi connectivity index (χ0v) is 17.0. The van der Waals surface area contributed by atoms with Crippen LogP contribution in [0.3, 0.4) is 0 Å². The average Bonchev–Trinajstić information content (AvgIpc) is 3.22. The predicted molar refractivity (Wildman–Crippen MR) is 108 cm³/mol. The van der Waals surface area contributed by atoms with Crippen LogP contribution >= 0.6 is 0 Å². The van der Waals surface area contributed by atoms with Crippen molar-refractivity contribution in [2.24, 2.45) is 0 Å². The third-order valence-corrected chi connectivity index (χ3v) is 5.06. The number of carbonyl (C=O) groups is 1. The molecule has 1 saturated heterocycles. The molecule has 0 bridgehead atoms. The lowest BCUT2D eigenvalue weighted by molar-refractivity contribution is -0.143. The van der Waals surface area contributed by atoms with Gasteiger partial charge >= 0.3 is 6.18 Å². The number of amides is 1. The van der Waals surface area contributed by atoms with Gasteiger partial charge in [-0.3, -0.25) is 4.79 Å². The summed E-state index contributed by atoms with van der Waals surface area (Å²) in [6.45, 7) is 4.43. The van der Waals surface area contributed by atoms with E-state index in [4.69, 9.17) is 4.74 Å². The second-order valence-electron chi connectivity index (χ2n) is 7.23. The van der Waals surface area contributed by atoms with Crippen molar-refractivity contribution in [1.82, 2.24) is 15.0 Å². The fourth-order valence-corrected chi connectivity index (χ4v) is 3.44. The molecule has 2 heterocycles. The zero-order chi connectivity index (χ0) is 22.9. The Balaban J connectivity index is 1.61. The number of aryl methyl sites for hydroxylation is 1. The normalized spacial score (nSPS) is 14.5. The zero-order valence-electron chi connectivity index (χ0n) is 17.0. The van der Waals surface area contributed by atoms with Crippen molar-refractivity contribution < 1.29 is 27.1 Å². The molecule has 0 unspecified atom stereocenters. The summed E-state index contributed by atoms with van der Waals surface area (Å²) in [5.41, 5.74) is -0.320. The third kappa shape index (κ3) is 4.42. The fraction of sp³-hybridized carbons (Fsp3) is 0.286. The molecule has 0 spiro atoms. The number of morpholine rings is 1. The smallest absolute Gasteiger partial charge is 0.378 e. The summed E-state index contributed by atoms with van der Waals surface area (Å²) in [6.07, 6.45) is -4.92. The van der Waals surface area contributed by atoms with Crippen LogP contribution in [0.1, 0.15) is 21.7 Å². The molecule has 0 radical (unpaired) electrons. The number of rotatable bonds is 4. The number of benzene rings is 2. The van der Waals surface area contributed by atoms with Crippen LogP contribution in [-0.4, -0.2) is 47.2 Å². The van der Waals surface area contributed by atoms with Crippen LogP contribution in [0.2, 0.25) is 0 Å². The lowest BCUT2D eigenvalue weighted by Gasteiger charge is -2.29. The van der Waals surface area contributed by atoms with Gasteiger partial charge in [-0.25, -0.2) is 9.07 Å². The van der Waals surface area contributed by atoms with Crippen LogP contribution in [0, 0.1) is 12.7 Å². The Kier molecular flexibility index (Phi) is 5.83. The molecular weight excluding hydrogens is 430 g/mol. The minimum atomic E-state index is -4.92. The van der Waals surface area contributed by atoms with Crippen LogP contribution < -0.4 is 10.2 Å². The Hall–Kier alpha value is -3.47. The van der Waals surface area contributed by atoms with Gasteiger partial charge in [0.2, 0.25) is 0 Å². The van der Waals surface area contributed by atoms with E-state index in [2.05, 4.69) is 20.5 Å². The Morgan fingerprint density at radius 3 is 2.34 bits per heavy atom. The van der Waals surface area contributed by atoms with Gasteiger partial charge < -0.3 is 15.0 Å². The highest BCUT2D eigenvalue weighted by Gasteiger charge is 2.42. The van der Waals surface area contributed by atoms with Gasteiger partial charge in [-0.05, 0) is 55.0 Å². The highest BCUT2D eigenvalue weighted by atomic mass is 19.4. The quantitative estimate of drug-likeness (QED) is 0.614. The molecule has 1 N–H and O–H groups in total. The van der Waals surface area contributed by atoms with Gasteiger partial charge in [-0.2, -0.15) is 13.2 Å². The van der Waals surface area contributed by atoms with Crippen molar-refractivity contribution in [2.75, 3.05) is 36.5 Å². The minimum absolute atomic E-state index is 0.0729. The van der Waals surface area contributed by atoms with Crippen LogP contribution in [0.5, 0.6) is 0 Å². The number of nitrogens with zero attached hydrogens (tertiary/aromatic N) is 4. The molecule has 1 aromatic heterocycles. The SMILES string of the molecule is Cc1cc(N2CCOCC2)ccc1NC(=O)c1nnn(-c2ccc(F)cc2)c1C(F)(F)F. The van der Waals surface area contributed by atoms with E-state index in [1.807, 2.05) is 6.07 Å². The number of alkyl halides is 3. The van der Waals surface area contributed by atoms with Crippen molar-refractivity contribution in [2.45, 2.75) is 13.1 Å². The lowest BCUT2D eigenvalue weighted by Crippen LogP contribution is -2.36. The molecule has 0 atom stereocenters. The minimum Gasteiger partial charge on any atom is -0.378 e. The Morgan fingerprint density at radius 1 is 1.06 bits per heavy atom. The first-order valence-electron chi connectivity index (χ1n) is 9.77.